The number of para-hydroxylation sites is 2. The van der Waals surface area contributed by atoms with Crippen molar-refractivity contribution in [3.63, 3.8) is 0 Å². The summed E-state index contributed by atoms with van der Waals surface area (Å²) >= 11 is 0. The molecule has 1 heterocycles. The Labute approximate surface area is 146 Å². The Morgan fingerprint density at radius 3 is 2.56 bits per heavy atom. The van der Waals surface area contributed by atoms with Crippen molar-refractivity contribution >= 4 is 17.6 Å². The van der Waals surface area contributed by atoms with E-state index < -0.39 is 11.9 Å². The largest absolute Gasteiger partial charge is 0.491 e. The van der Waals surface area contributed by atoms with E-state index in [4.69, 9.17) is 4.74 Å². The van der Waals surface area contributed by atoms with Crippen molar-refractivity contribution in [3.8, 4) is 5.75 Å². The molecule has 2 aromatic rings. The molecule has 1 atom stereocenters. The molecule has 5 heteroatoms. The fourth-order valence-corrected chi connectivity index (χ4v) is 3.13. The summed E-state index contributed by atoms with van der Waals surface area (Å²) in [5, 5.41) is 9.43. The fraction of sp³-hybridized carbons (Fsp3) is 0.300. The van der Waals surface area contributed by atoms with Gasteiger partial charge in [-0.05, 0) is 31.5 Å². The van der Waals surface area contributed by atoms with Gasteiger partial charge in [0.05, 0.1) is 12.5 Å². The first-order valence-electron chi connectivity index (χ1n) is 8.34. The smallest absolute Gasteiger partial charge is 0.312 e. The summed E-state index contributed by atoms with van der Waals surface area (Å²) in [6, 6.07) is 14.6. The molecule has 130 valence electrons. The zero-order valence-corrected chi connectivity index (χ0v) is 14.3. The average molecular weight is 339 g/mol. The van der Waals surface area contributed by atoms with Crippen molar-refractivity contribution < 1.29 is 19.4 Å². The number of carboxylic acids is 1. The van der Waals surface area contributed by atoms with Gasteiger partial charge >= 0.3 is 5.97 Å². The molecule has 3 rings (SSSR count). The lowest BCUT2D eigenvalue weighted by molar-refractivity contribution is -0.138. The number of amides is 1. The van der Waals surface area contributed by atoms with Gasteiger partial charge in [0.1, 0.15) is 11.7 Å². The summed E-state index contributed by atoms with van der Waals surface area (Å²) in [5.41, 5.74) is 2.18. The van der Waals surface area contributed by atoms with Crippen LogP contribution < -0.4 is 9.64 Å². The summed E-state index contributed by atoms with van der Waals surface area (Å²) in [6.45, 7) is 4.04. The second-order valence-corrected chi connectivity index (χ2v) is 6.41. The number of hydrogen-bond donors (Lipinski definition) is 1. The molecule has 0 saturated heterocycles. The lowest BCUT2D eigenvalue weighted by Gasteiger charge is -2.19. The Kier molecular flexibility index (Phi) is 4.74. The number of aliphatic carboxylic acids is 1. The van der Waals surface area contributed by atoms with Gasteiger partial charge in [-0.1, -0.05) is 36.4 Å². The van der Waals surface area contributed by atoms with E-state index in [0.29, 0.717) is 17.0 Å². The zero-order valence-electron chi connectivity index (χ0n) is 14.3. The minimum atomic E-state index is -0.911. The number of benzene rings is 2. The summed E-state index contributed by atoms with van der Waals surface area (Å²) in [6.07, 6.45) is 0.184. The van der Waals surface area contributed by atoms with Gasteiger partial charge in [0, 0.05) is 17.8 Å². The molecular formula is C20H21NO4. The van der Waals surface area contributed by atoms with Crippen LogP contribution in [-0.2, 0) is 16.0 Å². The topological polar surface area (TPSA) is 66.8 Å². The highest BCUT2D eigenvalue weighted by atomic mass is 16.5. The Hall–Kier alpha value is -2.82. The molecule has 0 spiro atoms. The molecule has 0 saturated carbocycles. The van der Waals surface area contributed by atoms with Crippen molar-refractivity contribution in [3.05, 3.63) is 59.7 Å². The normalized spacial score (nSPS) is 16.0. The van der Waals surface area contributed by atoms with E-state index in [2.05, 4.69) is 0 Å². The van der Waals surface area contributed by atoms with Crippen LogP contribution in [0.1, 0.15) is 30.9 Å². The number of carboxylic acid groups (broad SMARTS) is 1. The lowest BCUT2D eigenvalue weighted by Crippen LogP contribution is -2.32. The molecule has 1 unspecified atom stereocenters. The first-order valence-corrected chi connectivity index (χ1v) is 8.34. The molecule has 0 fully saturated rings. The van der Waals surface area contributed by atoms with E-state index >= 15 is 0 Å². The Morgan fingerprint density at radius 1 is 1.16 bits per heavy atom. The zero-order chi connectivity index (χ0) is 18.0. The van der Waals surface area contributed by atoms with Gasteiger partial charge in [-0.2, -0.15) is 0 Å². The molecule has 0 bridgehead atoms. The number of hydrogen-bond acceptors (Lipinski definition) is 3. The van der Waals surface area contributed by atoms with Gasteiger partial charge in [0.2, 0.25) is 5.91 Å². The molecule has 5 nitrogen and oxygen atoms in total. The predicted molar refractivity (Wildman–Crippen MR) is 95.1 cm³/mol. The minimum Gasteiger partial charge on any atom is -0.491 e. The van der Waals surface area contributed by atoms with Gasteiger partial charge in [0.15, 0.2) is 0 Å². The first kappa shape index (κ1) is 17.0. The molecule has 0 radical (unpaired) electrons. The Bertz CT molecular complexity index is 800. The van der Waals surface area contributed by atoms with Crippen molar-refractivity contribution in [2.45, 2.75) is 32.3 Å². The lowest BCUT2D eigenvalue weighted by atomic mass is 10.0. The van der Waals surface area contributed by atoms with Crippen LogP contribution in [0.2, 0.25) is 0 Å². The molecule has 0 aliphatic carbocycles. The van der Waals surface area contributed by atoms with Crippen LogP contribution in [0.15, 0.2) is 48.5 Å². The number of ether oxygens (including phenoxy) is 1. The third kappa shape index (κ3) is 3.50. The number of anilines is 1. The van der Waals surface area contributed by atoms with Gasteiger partial charge in [-0.15, -0.1) is 0 Å². The SMILES string of the molecule is CC(C)Oc1ccccc1CC(=O)N1CC(C(=O)O)c2ccccc21. The standard InChI is InChI=1S/C20H21NO4/c1-13(2)25-18-10-6-3-7-14(18)11-19(22)21-12-16(20(23)24)15-8-4-5-9-17(15)21/h3-10,13,16H,11-12H2,1-2H3,(H,23,24). The predicted octanol–water partition coefficient (Wildman–Crippen LogP) is 3.23. The van der Waals surface area contributed by atoms with E-state index in [9.17, 15) is 14.7 Å². The highest BCUT2D eigenvalue weighted by Gasteiger charge is 2.36. The third-order valence-corrected chi connectivity index (χ3v) is 4.24. The maximum absolute atomic E-state index is 12.9. The summed E-state index contributed by atoms with van der Waals surface area (Å²) in [5.74, 6) is -1.03. The van der Waals surface area contributed by atoms with Crippen molar-refractivity contribution in [2.75, 3.05) is 11.4 Å². The van der Waals surface area contributed by atoms with Crippen molar-refractivity contribution in [1.29, 1.82) is 0 Å². The molecule has 2 aromatic carbocycles. The van der Waals surface area contributed by atoms with Gasteiger partial charge in [0.25, 0.3) is 0 Å². The van der Waals surface area contributed by atoms with Crippen LogP contribution in [-0.4, -0.2) is 29.6 Å². The molecule has 1 aliphatic heterocycles. The average Bonchev–Trinajstić information content (AvgIpc) is 2.96. The highest BCUT2D eigenvalue weighted by molar-refractivity contribution is 6.00. The third-order valence-electron chi connectivity index (χ3n) is 4.24. The molecule has 1 aliphatic rings. The van der Waals surface area contributed by atoms with Crippen LogP contribution in [0.3, 0.4) is 0 Å². The van der Waals surface area contributed by atoms with Crippen LogP contribution in [0, 0.1) is 0 Å². The molecule has 0 aromatic heterocycles. The summed E-state index contributed by atoms with van der Waals surface area (Å²) < 4.78 is 5.77. The van der Waals surface area contributed by atoms with Crippen molar-refractivity contribution in [1.82, 2.24) is 0 Å². The van der Waals surface area contributed by atoms with Crippen LogP contribution in [0.5, 0.6) is 5.75 Å². The Balaban J connectivity index is 1.85. The number of carbonyl (C=O) groups is 2. The minimum absolute atomic E-state index is 0.0140. The maximum Gasteiger partial charge on any atom is 0.312 e. The highest BCUT2D eigenvalue weighted by Crippen LogP contribution is 2.36. The van der Waals surface area contributed by atoms with E-state index in [0.717, 1.165) is 5.56 Å². The van der Waals surface area contributed by atoms with E-state index in [1.807, 2.05) is 44.2 Å². The van der Waals surface area contributed by atoms with E-state index in [-0.39, 0.29) is 25.0 Å². The molecule has 25 heavy (non-hydrogen) atoms. The Morgan fingerprint density at radius 2 is 1.84 bits per heavy atom. The molecule has 1 N–H and O–H groups in total. The van der Waals surface area contributed by atoms with Gasteiger partial charge in [-0.3, -0.25) is 9.59 Å². The van der Waals surface area contributed by atoms with E-state index in [1.165, 1.54) is 0 Å². The van der Waals surface area contributed by atoms with Crippen molar-refractivity contribution in [2.24, 2.45) is 0 Å². The van der Waals surface area contributed by atoms with E-state index in [1.54, 1.807) is 23.1 Å². The second kappa shape index (κ2) is 6.97. The fourth-order valence-electron chi connectivity index (χ4n) is 3.13. The second-order valence-electron chi connectivity index (χ2n) is 6.41. The number of carbonyl (C=O) groups excluding carboxylic acids is 1. The maximum atomic E-state index is 12.9. The first-order chi connectivity index (χ1) is 12.0. The monoisotopic (exact) mass is 339 g/mol. The number of nitrogens with zero attached hydrogens (tertiary/aromatic N) is 1. The van der Waals surface area contributed by atoms with Crippen LogP contribution >= 0.6 is 0 Å². The van der Waals surface area contributed by atoms with Gasteiger partial charge < -0.3 is 14.7 Å². The quantitative estimate of drug-likeness (QED) is 0.908. The summed E-state index contributed by atoms with van der Waals surface area (Å²) in [4.78, 5) is 25.9. The molecular weight excluding hydrogens is 318 g/mol. The van der Waals surface area contributed by atoms with Crippen LogP contribution in [0.25, 0.3) is 0 Å². The van der Waals surface area contributed by atoms with Crippen LogP contribution in [0.4, 0.5) is 5.69 Å². The number of fused-ring (bicyclic) bond motifs is 1. The summed E-state index contributed by atoms with van der Waals surface area (Å²) in [7, 11) is 0. The number of rotatable bonds is 5. The molecule has 1 amide bonds. The van der Waals surface area contributed by atoms with Gasteiger partial charge in [-0.25, -0.2) is 0 Å².